The first kappa shape index (κ1) is 17.3. The molecule has 1 heterocycles. The Hall–Kier alpha value is -2.08. The number of carbonyl (C=O) groups excluding carboxylic acids is 1. The molecule has 0 aromatic heterocycles. The van der Waals surface area contributed by atoms with Crippen LogP contribution in [0.4, 0.5) is 0 Å². The van der Waals surface area contributed by atoms with E-state index in [1.54, 1.807) is 7.11 Å². The average molecular weight is 318 g/mol. The minimum Gasteiger partial charge on any atom is -0.383 e. The molecule has 1 aromatic carbocycles. The van der Waals surface area contributed by atoms with Gasteiger partial charge in [-0.25, -0.2) is 0 Å². The molecule has 0 spiro atoms. The highest BCUT2D eigenvalue weighted by atomic mass is 16.5. The van der Waals surface area contributed by atoms with E-state index in [1.807, 2.05) is 37.1 Å². The van der Waals surface area contributed by atoms with Crippen molar-refractivity contribution in [2.75, 3.05) is 27.3 Å². The maximum atomic E-state index is 12.1. The molecule has 0 aliphatic carbocycles. The highest BCUT2D eigenvalue weighted by Crippen LogP contribution is 2.36. The summed E-state index contributed by atoms with van der Waals surface area (Å²) in [4.78, 5) is 18.3. The molecule has 1 amide bonds. The number of ether oxygens (including phenoxy) is 1. The Morgan fingerprint density at radius 1 is 1.48 bits per heavy atom. The molecule has 2 rings (SSSR count). The molecule has 1 aromatic rings. The van der Waals surface area contributed by atoms with Crippen molar-refractivity contribution in [1.82, 2.24) is 10.2 Å². The van der Waals surface area contributed by atoms with Gasteiger partial charge >= 0.3 is 0 Å². The number of methoxy groups -OCH3 is 1. The van der Waals surface area contributed by atoms with Gasteiger partial charge in [0.25, 0.3) is 0 Å². The monoisotopic (exact) mass is 318 g/mol. The number of likely N-dealkylation sites (tertiary alicyclic amines) is 1. The van der Waals surface area contributed by atoms with Crippen molar-refractivity contribution in [3.05, 3.63) is 35.9 Å². The second-order valence-corrected chi connectivity index (χ2v) is 6.05. The summed E-state index contributed by atoms with van der Waals surface area (Å²) in [6, 6.07) is 10.2. The fourth-order valence-corrected chi connectivity index (χ4v) is 3.07. The van der Waals surface area contributed by atoms with Crippen molar-refractivity contribution in [3.8, 4) is 0 Å². The summed E-state index contributed by atoms with van der Waals surface area (Å²) in [7, 11) is 3.50. The zero-order valence-electron chi connectivity index (χ0n) is 14.0. The summed E-state index contributed by atoms with van der Waals surface area (Å²) in [5, 5.41) is 3.09. The number of benzene rings is 1. The van der Waals surface area contributed by atoms with Gasteiger partial charge in [0.05, 0.1) is 12.6 Å². The van der Waals surface area contributed by atoms with Crippen molar-refractivity contribution < 1.29 is 9.53 Å². The first-order valence-corrected chi connectivity index (χ1v) is 7.89. The third-order valence-electron chi connectivity index (χ3n) is 4.14. The third kappa shape index (κ3) is 4.45. The lowest BCUT2D eigenvalue weighted by Crippen LogP contribution is -2.41. The fourth-order valence-electron chi connectivity index (χ4n) is 3.07. The van der Waals surface area contributed by atoms with Crippen molar-refractivity contribution in [2.45, 2.75) is 25.4 Å². The number of nitrogens with one attached hydrogen (secondary N) is 1. The SMILES string of the molecule is COCC(C)NC(N)=NCC1CC(=O)N(C)C1c1ccccc1. The summed E-state index contributed by atoms with van der Waals surface area (Å²) in [5.41, 5.74) is 7.06. The number of hydrogen-bond acceptors (Lipinski definition) is 3. The van der Waals surface area contributed by atoms with E-state index in [4.69, 9.17) is 10.5 Å². The summed E-state index contributed by atoms with van der Waals surface area (Å²) in [5.74, 6) is 0.676. The molecule has 3 N–H and O–H groups in total. The topological polar surface area (TPSA) is 80.0 Å². The van der Waals surface area contributed by atoms with Crippen LogP contribution in [0, 0.1) is 5.92 Å². The number of amides is 1. The van der Waals surface area contributed by atoms with E-state index >= 15 is 0 Å². The molecule has 1 saturated heterocycles. The molecular weight excluding hydrogens is 292 g/mol. The Morgan fingerprint density at radius 2 is 2.17 bits per heavy atom. The predicted molar refractivity (Wildman–Crippen MR) is 91.0 cm³/mol. The second-order valence-electron chi connectivity index (χ2n) is 6.05. The number of nitrogens with two attached hydrogens (primary N) is 1. The van der Waals surface area contributed by atoms with Crippen molar-refractivity contribution in [3.63, 3.8) is 0 Å². The molecule has 0 bridgehead atoms. The minimum absolute atomic E-state index is 0.0525. The van der Waals surface area contributed by atoms with E-state index < -0.39 is 0 Å². The van der Waals surface area contributed by atoms with Gasteiger partial charge in [0.15, 0.2) is 5.96 Å². The van der Waals surface area contributed by atoms with E-state index in [1.165, 1.54) is 0 Å². The van der Waals surface area contributed by atoms with Gasteiger partial charge in [-0.15, -0.1) is 0 Å². The van der Waals surface area contributed by atoms with E-state index in [0.717, 1.165) is 5.56 Å². The molecule has 3 unspecified atom stereocenters. The van der Waals surface area contributed by atoms with Crippen LogP contribution in [0.25, 0.3) is 0 Å². The zero-order valence-corrected chi connectivity index (χ0v) is 14.0. The number of carbonyl (C=O) groups is 1. The van der Waals surface area contributed by atoms with Crippen molar-refractivity contribution >= 4 is 11.9 Å². The largest absolute Gasteiger partial charge is 0.383 e. The van der Waals surface area contributed by atoms with Crippen molar-refractivity contribution in [1.29, 1.82) is 0 Å². The van der Waals surface area contributed by atoms with Crippen LogP contribution in [0.15, 0.2) is 35.3 Å². The molecule has 6 heteroatoms. The molecule has 23 heavy (non-hydrogen) atoms. The lowest BCUT2D eigenvalue weighted by Gasteiger charge is -2.24. The van der Waals surface area contributed by atoms with E-state index in [2.05, 4.69) is 22.4 Å². The van der Waals surface area contributed by atoms with Gasteiger partial charge in [-0.05, 0) is 12.5 Å². The Kier molecular flexibility index (Phi) is 5.98. The van der Waals surface area contributed by atoms with Crippen LogP contribution < -0.4 is 11.1 Å². The number of guanidine groups is 1. The minimum atomic E-state index is 0.0525. The molecule has 0 saturated carbocycles. The van der Waals surface area contributed by atoms with Gasteiger partial charge in [0.1, 0.15) is 0 Å². The van der Waals surface area contributed by atoms with E-state index in [-0.39, 0.29) is 23.9 Å². The van der Waals surface area contributed by atoms with Gasteiger partial charge in [-0.3, -0.25) is 9.79 Å². The van der Waals surface area contributed by atoms with Crippen LogP contribution >= 0.6 is 0 Å². The van der Waals surface area contributed by atoms with Gasteiger partial charge in [-0.1, -0.05) is 30.3 Å². The molecule has 3 atom stereocenters. The maximum absolute atomic E-state index is 12.1. The van der Waals surface area contributed by atoms with Crippen LogP contribution in [0.3, 0.4) is 0 Å². The summed E-state index contributed by atoms with van der Waals surface area (Å²) in [6.07, 6.45) is 0.500. The lowest BCUT2D eigenvalue weighted by molar-refractivity contribution is -0.127. The Labute approximate surface area is 137 Å². The first-order chi connectivity index (χ1) is 11.0. The van der Waals surface area contributed by atoms with Crippen LogP contribution in [-0.2, 0) is 9.53 Å². The molecular formula is C17H26N4O2. The number of hydrogen-bond donors (Lipinski definition) is 2. The van der Waals surface area contributed by atoms with Crippen LogP contribution in [0.5, 0.6) is 0 Å². The Morgan fingerprint density at radius 3 is 2.83 bits per heavy atom. The zero-order chi connectivity index (χ0) is 16.8. The summed E-state index contributed by atoms with van der Waals surface area (Å²) in [6.45, 7) is 3.06. The van der Waals surface area contributed by atoms with Gasteiger partial charge < -0.3 is 20.7 Å². The molecule has 1 aliphatic rings. The Balaban J connectivity index is 2.04. The molecule has 1 aliphatic heterocycles. The van der Waals surface area contributed by atoms with Crippen molar-refractivity contribution in [2.24, 2.45) is 16.6 Å². The molecule has 126 valence electrons. The van der Waals surface area contributed by atoms with Gasteiger partial charge in [0.2, 0.25) is 5.91 Å². The van der Waals surface area contributed by atoms with Crippen LogP contribution in [0.2, 0.25) is 0 Å². The van der Waals surface area contributed by atoms with Gasteiger partial charge in [-0.2, -0.15) is 0 Å². The standard InChI is InChI=1S/C17H26N4O2/c1-12(11-23-3)20-17(18)19-10-14-9-15(22)21(2)16(14)13-7-5-4-6-8-13/h4-8,12,14,16H,9-11H2,1-3H3,(H3,18,19,20). The summed E-state index contributed by atoms with van der Waals surface area (Å²) < 4.78 is 5.06. The average Bonchev–Trinajstić information content (AvgIpc) is 2.81. The lowest BCUT2D eigenvalue weighted by atomic mass is 9.94. The highest BCUT2D eigenvalue weighted by Gasteiger charge is 2.38. The van der Waals surface area contributed by atoms with Crippen LogP contribution in [-0.4, -0.2) is 50.1 Å². The molecule has 1 fully saturated rings. The first-order valence-electron chi connectivity index (χ1n) is 7.89. The fraction of sp³-hybridized carbons (Fsp3) is 0.529. The third-order valence-corrected chi connectivity index (χ3v) is 4.14. The number of nitrogens with zero attached hydrogens (tertiary/aromatic N) is 2. The number of aliphatic imine (C=N–C) groups is 1. The molecule has 6 nitrogen and oxygen atoms in total. The van der Waals surface area contributed by atoms with Crippen LogP contribution in [0.1, 0.15) is 24.9 Å². The normalized spacial score (nSPS) is 23.2. The second kappa shape index (κ2) is 7.97. The predicted octanol–water partition coefficient (Wildman–Crippen LogP) is 1.15. The quantitative estimate of drug-likeness (QED) is 0.609. The van der Waals surface area contributed by atoms with Gasteiger partial charge in [0, 0.05) is 39.1 Å². The van der Waals surface area contributed by atoms with E-state index in [9.17, 15) is 4.79 Å². The maximum Gasteiger partial charge on any atom is 0.223 e. The smallest absolute Gasteiger partial charge is 0.223 e. The number of rotatable bonds is 6. The summed E-state index contributed by atoms with van der Waals surface area (Å²) >= 11 is 0. The highest BCUT2D eigenvalue weighted by molar-refractivity contribution is 5.80. The van der Waals surface area contributed by atoms with E-state index in [0.29, 0.717) is 25.5 Å². The molecule has 0 radical (unpaired) electrons. The Bertz CT molecular complexity index is 547.